The molecular formula is C24H36N6O3S. The first-order valence-electron chi connectivity index (χ1n) is 11.7. The Morgan fingerprint density at radius 1 is 1.18 bits per heavy atom. The minimum Gasteiger partial charge on any atom is -0.467 e. The van der Waals surface area contributed by atoms with Crippen molar-refractivity contribution in [2.24, 2.45) is 5.92 Å². The zero-order chi connectivity index (χ0) is 24.5. The van der Waals surface area contributed by atoms with E-state index >= 15 is 0 Å². The highest BCUT2D eigenvalue weighted by Crippen LogP contribution is 2.28. The van der Waals surface area contributed by atoms with E-state index in [9.17, 15) is 9.59 Å². The van der Waals surface area contributed by atoms with Gasteiger partial charge in [-0.05, 0) is 62.2 Å². The van der Waals surface area contributed by atoms with Crippen molar-refractivity contribution >= 4 is 46.4 Å². The summed E-state index contributed by atoms with van der Waals surface area (Å²) in [6.07, 6.45) is 6.48. The van der Waals surface area contributed by atoms with Gasteiger partial charge in [0, 0.05) is 32.1 Å². The molecule has 3 rings (SSSR count). The molecule has 0 saturated heterocycles. The van der Waals surface area contributed by atoms with Gasteiger partial charge in [-0.1, -0.05) is 12.1 Å². The van der Waals surface area contributed by atoms with Gasteiger partial charge in [0.15, 0.2) is 0 Å². The van der Waals surface area contributed by atoms with E-state index in [-0.39, 0.29) is 6.03 Å². The largest absolute Gasteiger partial charge is 0.467 e. The monoisotopic (exact) mass is 488 g/mol. The number of urea groups is 1. The molecule has 10 heteroatoms. The highest BCUT2D eigenvalue weighted by atomic mass is 32.2. The van der Waals surface area contributed by atoms with Gasteiger partial charge in [-0.15, -0.1) is 0 Å². The van der Waals surface area contributed by atoms with E-state index < -0.39 is 12.0 Å². The van der Waals surface area contributed by atoms with Crippen LogP contribution in [-0.2, 0) is 9.53 Å². The number of carbonyl (C=O) groups is 2. The molecule has 9 nitrogen and oxygen atoms in total. The Balaban J connectivity index is 1.47. The van der Waals surface area contributed by atoms with Crippen molar-refractivity contribution in [2.45, 2.75) is 44.2 Å². The standard InChI is InChI=1S/C24H36N6O3S/c1-30(2)21-18-7-5-6-8-19(18)27-23(29-21)26-17-11-9-16(10-12-17)15-25-24(32)28-20(13-14-34-4)22(31)33-3/h5-8,16-17,20H,9-15H2,1-4H3,(H2,25,28,32)(H,26,27,29)/t16-,17+,20?. The number of para-hydroxylation sites is 1. The van der Waals surface area contributed by atoms with Crippen molar-refractivity contribution in [3.05, 3.63) is 24.3 Å². The molecule has 1 heterocycles. The van der Waals surface area contributed by atoms with Crippen LogP contribution in [0.15, 0.2) is 24.3 Å². The molecule has 1 unspecified atom stereocenters. The number of anilines is 2. The average Bonchev–Trinajstić information content (AvgIpc) is 2.85. The number of fused-ring (bicyclic) bond motifs is 1. The Morgan fingerprint density at radius 2 is 1.91 bits per heavy atom. The van der Waals surface area contributed by atoms with Gasteiger partial charge >= 0.3 is 12.0 Å². The number of nitrogens with one attached hydrogen (secondary N) is 3. The molecule has 0 aliphatic heterocycles. The summed E-state index contributed by atoms with van der Waals surface area (Å²) in [7, 11) is 5.32. The second kappa shape index (κ2) is 12.6. The molecule has 0 bridgehead atoms. The van der Waals surface area contributed by atoms with Gasteiger partial charge in [0.2, 0.25) is 5.95 Å². The van der Waals surface area contributed by atoms with Gasteiger partial charge in [-0.2, -0.15) is 16.7 Å². The highest BCUT2D eigenvalue weighted by Gasteiger charge is 2.24. The number of nitrogens with zero attached hydrogens (tertiary/aromatic N) is 3. The number of aromatic nitrogens is 2. The first-order chi connectivity index (χ1) is 16.4. The first kappa shape index (κ1) is 25.9. The molecule has 186 valence electrons. The number of ether oxygens (including phenoxy) is 1. The lowest BCUT2D eigenvalue weighted by Crippen LogP contribution is -2.48. The molecule has 1 aromatic carbocycles. The molecule has 1 aromatic heterocycles. The molecule has 1 atom stereocenters. The fourth-order valence-electron chi connectivity index (χ4n) is 4.23. The molecule has 34 heavy (non-hydrogen) atoms. The fraction of sp³-hybridized carbons (Fsp3) is 0.583. The van der Waals surface area contributed by atoms with Gasteiger partial charge in [0.05, 0.1) is 12.6 Å². The molecule has 0 radical (unpaired) electrons. The maximum absolute atomic E-state index is 12.3. The summed E-state index contributed by atoms with van der Waals surface area (Å²) < 4.78 is 4.80. The number of carbonyl (C=O) groups excluding carboxylic acids is 2. The highest BCUT2D eigenvalue weighted by molar-refractivity contribution is 7.98. The molecule has 1 fully saturated rings. The third-order valence-corrected chi connectivity index (χ3v) is 6.78. The van der Waals surface area contributed by atoms with Crippen LogP contribution in [0.5, 0.6) is 0 Å². The lowest BCUT2D eigenvalue weighted by molar-refractivity contribution is -0.142. The Labute approximate surface area is 205 Å². The Hall–Kier alpha value is -2.75. The maximum Gasteiger partial charge on any atom is 0.328 e. The van der Waals surface area contributed by atoms with Crippen LogP contribution in [0.4, 0.5) is 16.6 Å². The van der Waals surface area contributed by atoms with Crippen molar-refractivity contribution in [1.29, 1.82) is 0 Å². The van der Waals surface area contributed by atoms with E-state index in [1.807, 2.05) is 49.5 Å². The van der Waals surface area contributed by atoms with Crippen LogP contribution >= 0.6 is 11.8 Å². The molecular weight excluding hydrogens is 452 g/mol. The quantitative estimate of drug-likeness (QED) is 0.438. The normalized spacial score (nSPS) is 18.7. The third kappa shape index (κ3) is 7.12. The Morgan fingerprint density at radius 3 is 2.59 bits per heavy atom. The summed E-state index contributed by atoms with van der Waals surface area (Å²) in [4.78, 5) is 35.7. The van der Waals surface area contributed by atoms with Gasteiger partial charge in [0.25, 0.3) is 0 Å². The van der Waals surface area contributed by atoms with Crippen LogP contribution in [0.2, 0.25) is 0 Å². The summed E-state index contributed by atoms with van der Waals surface area (Å²) in [5, 5.41) is 10.2. The van der Waals surface area contributed by atoms with Crippen LogP contribution < -0.4 is 20.9 Å². The van der Waals surface area contributed by atoms with E-state index in [1.165, 1.54) is 7.11 Å². The van der Waals surface area contributed by atoms with Crippen LogP contribution in [-0.4, -0.2) is 73.8 Å². The van der Waals surface area contributed by atoms with E-state index in [4.69, 9.17) is 14.7 Å². The summed E-state index contributed by atoms with van der Waals surface area (Å²) in [6.45, 7) is 0.590. The zero-order valence-corrected chi connectivity index (χ0v) is 21.3. The minimum absolute atomic E-state index is 0.302. The van der Waals surface area contributed by atoms with E-state index in [0.29, 0.717) is 30.9 Å². The third-order valence-electron chi connectivity index (χ3n) is 6.14. The molecule has 0 spiro atoms. The van der Waals surface area contributed by atoms with Crippen LogP contribution in [0.1, 0.15) is 32.1 Å². The number of esters is 1. The number of benzene rings is 1. The second-order valence-corrected chi connectivity index (χ2v) is 9.84. The minimum atomic E-state index is -0.619. The average molecular weight is 489 g/mol. The fourth-order valence-corrected chi connectivity index (χ4v) is 4.70. The number of hydrogen-bond acceptors (Lipinski definition) is 8. The van der Waals surface area contributed by atoms with E-state index in [0.717, 1.165) is 48.2 Å². The van der Waals surface area contributed by atoms with Crippen LogP contribution in [0.3, 0.4) is 0 Å². The number of methoxy groups -OCH3 is 1. The van der Waals surface area contributed by atoms with Crippen molar-refractivity contribution in [1.82, 2.24) is 20.6 Å². The Bertz CT molecular complexity index is 965. The van der Waals surface area contributed by atoms with Crippen molar-refractivity contribution in [3.63, 3.8) is 0 Å². The molecule has 1 saturated carbocycles. The zero-order valence-electron chi connectivity index (χ0n) is 20.5. The summed E-state index contributed by atoms with van der Waals surface area (Å²) >= 11 is 1.63. The predicted molar refractivity (Wildman–Crippen MR) is 139 cm³/mol. The topological polar surface area (TPSA) is 108 Å². The SMILES string of the molecule is COC(=O)C(CCSC)NC(=O)NC[C@H]1CC[C@@H](Nc2nc(N(C)C)c3ccccc3n2)CC1. The summed E-state index contributed by atoms with van der Waals surface area (Å²) in [5.74, 6) is 2.32. The number of thioether (sulfide) groups is 1. The lowest BCUT2D eigenvalue weighted by Gasteiger charge is -2.29. The van der Waals surface area contributed by atoms with E-state index in [2.05, 4.69) is 16.0 Å². The predicted octanol–water partition coefficient (Wildman–Crippen LogP) is 3.26. The van der Waals surface area contributed by atoms with Crippen LogP contribution in [0, 0.1) is 5.92 Å². The molecule has 2 amide bonds. The maximum atomic E-state index is 12.3. The number of rotatable bonds is 10. The van der Waals surface area contributed by atoms with Crippen molar-refractivity contribution < 1.29 is 14.3 Å². The molecule has 1 aliphatic carbocycles. The summed E-state index contributed by atoms with van der Waals surface area (Å²) in [5.41, 5.74) is 0.926. The van der Waals surface area contributed by atoms with E-state index in [1.54, 1.807) is 11.8 Å². The van der Waals surface area contributed by atoms with Crippen LogP contribution in [0.25, 0.3) is 10.9 Å². The lowest BCUT2D eigenvalue weighted by atomic mass is 9.86. The van der Waals surface area contributed by atoms with Gasteiger partial charge in [0.1, 0.15) is 11.9 Å². The molecule has 1 aliphatic rings. The van der Waals surface area contributed by atoms with Crippen molar-refractivity contribution in [3.8, 4) is 0 Å². The summed E-state index contributed by atoms with van der Waals surface area (Å²) in [6, 6.07) is 7.40. The second-order valence-electron chi connectivity index (χ2n) is 8.86. The number of amides is 2. The van der Waals surface area contributed by atoms with Gasteiger partial charge < -0.3 is 25.6 Å². The van der Waals surface area contributed by atoms with Crippen molar-refractivity contribution in [2.75, 3.05) is 50.0 Å². The Kier molecular flexibility index (Phi) is 9.62. The number of hydrogen-bond donors (Lipinski definition) is 3. The first-order valence-corrected chi connectivity index (χ1v) is 13.1. The van der Waals surface area contributed by atoms with Gasteiger partial charge in [-0.25, -0.2) is 14.6 Å². The molecule has 3 N–H and O–H groups in total. The van der Waals surface area contributed by atoms with Gasteiger partial charge in [-0.3, -0.25) is 0 Å². The molecule has 2 aromatic rings. The smallest absolute Gasteiger partial charge is 0.328 e.